The van der Waals surface area contributed by atoms with Gasteiger partial charge in [-0.05, 0) is 43.3 Å². The van der Waals surface area contributed by atoms with Crippen LogP contribution in [0.2, 0.25) is 5.02 Å². The molecular weight excluding hydrogens is 370 g/mol. The zero-order valence-corrected chi connectivity index (χ0v) is 16.3. The maximum atomic E-state index is 5.87. The van der Waals surface area contributed by atoms with Crippen molar-refractivity contribution in [3.05, 3.63) is 53.6 Å². The van der Waals surface area contributed by atoms with Gasteiger partial charge in [0.25, 0.3) is 0 Å². The Bertz CT molecular complexity index is 852. The predicted octanol–water partition coefficient (Wildman–Crippen LogP) is 4.80. The van der Waals surface area contributed by atoms with Crippen LogP contribution in [0.25, 0.3) is 11.4 Å². The van der Waals surface area contributed by atoms with Gasteiger partial charge >= 0.3 is 0 Å². The van der Waals surface area contributed by atoms with Crippen LogP contribution in [-0.2, 0) is 6.54 Å². The summed E-state index contributed by atoms with van der Waals surface area (Å²) in [5.74, 6) is 3.18. The van der Waals surface area contributed by atoms with Crippen molar-refractivity contribution in [3.8, 4) is 22.9 Å². The number of rotatable bonds is 8. The van der Waals surface area contributed by atoms with Crippen LogP contribution in [-0.4, -0.2) is 34.2 Å². The minimum Gasteiger partial charge on any atom is -0.496 e. The van der Waals surface area contributed by atoms with Gasteiger partial charge < -0.3 is 14.0 Å². The van der Waals surface area contributed by atoms with Gasteiger partial charge in [-0.3, -0.25) is 0 Å². The molecule has 0 saturated carbocycles. The van der Waals surface area contributed by atoms with Gasteiger partial charge in [-0.1, -0.05) is 35.5 Å². The van der Waals surface area contributed by atoms with Crippen molar-refractivity contribution < 1.29 is 9.47 Å². The Morgan fingerprint density at radius 2 is 1.85 bits per heavy atom. The van der Waals surface area contributed by atoms with E-state index >= 15 is 0 Å². The summed E-state index contributed by atoms with van der Waals surface area (Å²) >= 11 is 7.49. The number of hydrogen-bond donors (Lipinski definition) is 0. The lowest BCUT2D eigenvalue weighted by Gasteiger charge is -2.10. The molecule has 2 aromatic carbocycles. The molecule has 0 aliphatic rings. The highest BCUT2D eigenvalue weighted by atomic mass is 35.5. The molecule has 0 N–H and O–H groups in total. The summed E-state index contributed by atoms with van der Waals surface area (Å²) in [6.07, 6.45) is 0. The molecule has 3 rings (SSSR count). The van der Waals surface area contributed by atoms with Gasteiger partial charge in [0.05, 0.1) is 19.3 Å². The van der Waals surface area contributed by atoms with E-state index in [0.29, 0.717) is 11.6 Å². The van der Waals surface area contributed by atoms with Gasteiger partial charge in [-0.2, -0.15) is 0 Å². The quantitative estimate of drug-likeness (QED) is 0.409. The van der Waals surface area contributed by atoms with E-state index in [9.17, 15) is 0 Å². The van der Waals surface area contributed by atoms with E-state index in [1.54, 1.807) is 18.9 Å². The van der Waals surface area contributed by atoms with E-state index in [2.05, 4.69) is 21.7 Å². The third-order valence-electron chi connectivity index (χ3n) is 3.78. The van der Waals surface area contributed by atoms with E-state index < -0.39 is 0 Å². The molecule has 26 heavy (non-hydrogen) atoms. The minimum atomic E-state index is 0.576. The standard InChI is InChI=1S/C19H20ClN3O2S/c1-3-23-18(16-6-4-5-7-17(16)24-2)21-22-19(23)26-13-12-25-15-10-8-14(20)9-11-15/h4-11H,3,12-13H2,1-2H3. The number of hydrogen-bond acceptors (Lipinski definition) is 5. The molecule has 0 aliphatic heterocycles. The second kappa shape index (κ2) is 8.96. The first-order valence-corrected chi connectivity index (χ1v) is 9.67. The molecule has 0 saturated heterocycles. The molecule has 0 bridgehead atoms. The summed E-state index contributed by atoms with van der Waals surface area (Å²) in [6.45, 7) is 3.43. The number of nitrogens with zero attached hydrogens (tertiary/aromatic N) is 3. The molecule has 0 atom stereocenters. The molecule has 0 spiro atoms. The van der Waals surface area contributed by atoms with Crippen molar-refractivity contribution in [1.29, 1.82) is 0 Å². The fourth-order valence-corrected chi connectivity index (χ4v) is 3.48. The lowest BCUT2D eigenvalue weighted by atomic mass is 10.2. The lowest BCUT2D eigenvalue weighted by Crippen LogP contribution is -2.04. The smallest absolute Gasteiger partial charge is 0.191 e. The second-order valence-corrected chi connectivity index (χ2v) is 6.90. The van der Waals surface area contributed by atoms with Gasteiger partial charge in [0.1, 0.15) is 11.5 Å². The SMILES string of the molecule is CCn1c(SCCOc2ccc(Cl)cc2)nnc1-c1ccccc1OC. The summed E-state index contributed by atoms with van der Waals surface area (Å²) < 4.78 is 13.3. The Kier molecular flexibility index (Phi) is 6.41. The lowest BCUT2D eigenvalue weighted by molar-refractivity contribution is 0.344. The van der Waals surface area contributed by atoms with Gasteiger partial charge in [-0.25, -0.2) is 0 Å². The number of para-hydroxylation sites is 1. The maximum absolute atomic E-state index is 5.87. The van der Waals surface area contributed by atoms with Gasteiger partial charge in [0.2, 0.25) is 0 Å². The molecule has 7 heteroatoms. The highest BCUT2D eigenvalue weighted by Crippen LogP contribution is 2.30. The van der Waals surface area contributed by atoms with Crippen LogP contribution >= 0.6 is 23.4 Å². The van der Waals surface area contributed by atoms with Gasteiger partial charge in [-0.15, -0.1) is 10.2 Å². The molecule has 5 nitrogen and oxygen atoms in total. The third-order valence-corrected chi connectivity index (χ3v) is 4.96. The van der Waals surface area contributed by atoms with E-state index in [0.717, 1.165) is 40.3 Å². The molecule has 0 unspecified atom stereocenters. The largest absolute Gasteiger partial charge is 0.496 e. The minimum absolute atomic E-state index is 0.576. The average Bonchev–Trinajstić information content (AvgIpc) is 3.09. The molecule has 0 fully saturated rings. The van der Waals surface area contributed by atoms with Crippen molar-refractivity contribution >= 4 is 23.4 Å². The van der Waals surface area contributed by atoms with Crippen LogP contribution in [0.4, 0.5) is 0 Å². The summed E-state index contributed by atoms with van der Waals surface area (Å²) in [5, 5.41) is 10.3. The van der Waals surface area contributed by atoms with Crippen LogP contribution in [0.1, 0.15) is 6.92 Å². The number of halogens is 1. The molecule has 1 aromatic heterocycles. The fraction of sp³-hybridized carbons (Fsp3) is 0.263. The molecule has 0 aliphatic carbocycles. The number of ether oxygens (including phenoxy) is 2. The van der Waals surface area contributed by atoms with Crippen molar-refractivity contribution in [2.45, 2.75) is 18.6 Å². The summed E-state index contributed by atoms with van der Waals surface area (Å²) in [7, 11) is 1.66. The number of benzene rings is 2. The molecular formula is C19H20ClN3O2S. The van der Waals surface area contributed by atoms with Crippen molar-refractivity contribution in [1.82, 2.24) is 14.8 Å². The van der Waals surface area contributed by atoms with Crippen LogP contribution < -0.4 is 9.47 Å². The number of methoxy groups -OCH3 is 1. The first-order valence-electron chi connectivity index (χ1n) is 8.30. The zero-order chi connectivity index (χ0) is 18.4. The summed E-state index contributed by atoms with van der Waals surface area (Å²) in [6, 6.07) is 15.2. The van der Waals surface area contributed by atoms with E-state index in [4.69, 9.17) is 21.1 Å². The van der Waals surface area contributed by atoms with Crippen molar-refractivity contribution in [3.63, 3.8) is 0 Å². The predicted molar refractivity (Wildman–Crippen MR) is 105 cm³/mol. The van der Waals surface area contributed by atoms with Crippen LogP contribution in [0.15, 0.2) is 53.7 Å². The highest BCUT2D eigenvalue weighted by molar-refractivity contribution is 7.99. The van der Waals surface area contributed by atoms with Gasteiger partial charge in [0.15, 0.2) is 11.0 Å². The average molecular weight is 390 g/mol. The second-order valence-electron chi connectivity index (χ2n) is 5.40. The first kappa shape index (κ1) is 18.6. The van der Waals surface area contributed by atoms with Crippen LogP contribution in [0.5, 0.6) is 11.5 Å². The zero-order valence-electron chi connectivity index (χ0n) is 14.7. The van der Waals surface area contributed by atoms with Crippen molar-refractivity contribution in [2.24, 2.45) is 0 Å². The van der Waals surface area contributed by atoms with Crippen LogP contribution in [0, 0.1) is 0 Å². The Morgan fingerprint density at radius 3 is 2.58 bits per heavy atom. The Balaban J connectivity index is 1.65. The third kappa shape index (κ3) is 4.31. The van der Waals surface area contributed by atoms with E-state index in [1.807, 2.05) is 48.5 Å². The molecule has 0 radical (unpaired) electrons. The van der Waals surface area contributed by atoms with Crippen LogP contribution in [0.3, 0.4) is 0 Å². The highest BCUT2D eigenvalue weighted by Gasteiger charge is 2.16. The monoisotopic (exact) mass is 389 g/mol. The summed E-state index contributed by atoms with van der Waals surface area (Å²) in [5.41, 5.74) is 0.939. The Hall–Kier alpha value is -2.18. The molecule has 3 aromatic rings. The molecule has 1 heterocycles. The maximum Gasteiger partial charge on any atom is 0.191 e. The Labute approximate surface area is 162 Å². The number of aromatic nitrogens is 3. The Morgan fingerprint density at radius 1 is 1.08 bits per heavy atom. The number of thioether (sulfide) groups is 1. The van der Waals surface area contributed by atoms with E-state index in [-0.39, 0.29) is 0 Å². The van der Waals surface area contributed by atoms with Crippen molar-refractivity contribution in [2.75, 3.05) is 19.5 Å². The fourth-order valence-electron chi connectivity index (χ4n) is 2.53. The topological polar surface area (TPSA) is 49.2 Å². The normalized spacial score (nSPS) is 10.7. The summed E-state index contributed by atoms with van der Waals surface area (Å²) in [4.78, 5) is 0. The molecule has 136 valence electrons. The van der Waals surface area contributed by atoms with Gasteiger partial charge in [0, 0.05) is 17.3 Å². The van der Waals surface area contributed by atoms with E-state index in [1.165, 1.54) is 0 Å². The molecule has 0 amide bonds. The first-order chi connectivity index (χ1) is 12.7.